The van der Waals surface area contributed by atoms with Crippen LogP contribution in [0.3, 0.4) is 0 Å². The van der Waals surface area contributed by atoms with Crippen LogP contribution in [0.1, 0.15) is 13.8 Å². The summed E-state index contributed by atoms with van der Waals surface area (Å²) < 4.78 is 37.0. The number of alkyl halides is 1. The molecule has 0 aromatic rings. The first-order valence-electron chi connectivity index (χ1n) is 5.50. The van der Waals surface area contributed by atoms with Crippen molar-refractivity contribution in [2.45, 2.75) is 26.0 Å². The number of hydrogen-bond acceptors (Lipinski definition) is 5. The van der Waals surface area contributed by atoms with E-state index in [0.29, 0.717) is 18.5 Å². The van der Waals surface area contributed by atoms with Crippen LogP contribution in [0, 0.1) is 0 Å². The van der Waals surface area contributed by atoms with E-state index in [-0.39, 0.29) is 18.7 Å². The number of rotatable bonds is 4. The summed E-state index contributed by atoms with van der Waals surface area (Å²) in [6.07, 6.45) is -1.35. The van der Waals surface area contributed by atoms with Gasteiger partial charge in [0.25, 0.3) is 0 Å². The first-order valence-corrected chi connectivity index (χ1v) is 8.07. The highest BCUT2D eigenvalue weighted by Crippen LogP contribution is 2.13. The number of nitrogens with zero attached hydrogens (tertiary/aromatic N) is 1. The third kappa shape index (κ3) is 4.38. The summed E-state index contributed by atoms with van der Waals surface area (Å²) in [4.78, 5) is 11.3. The van der Waals surface area contributed by atoms with E-state index < -0.39 is 16.3 Å². The zero-order valence-corrected chi connectivity index (χ0v) is 12.7. The van der Waals surface area contributed by atoms with Gasteiger partial charge in [-0.15, -0.1) is 0 Å². The SMILES string of the molecule is CC(C)OC(=O)NS(=O)(=O)N1CCOCC1CBr. The van der Waals surface area contributed by atoms with Crippen LogP contribution in [0.15, 0.2) is 0 Å². The van der Waals surface area contributed by atoms with Gasteiger partial charge in [0.05, 0.1) is 25.4 Å². The number of amides is 1. The Morgan fingerprint density at radius 3 is 2.83 bits per heavy atom. The molecule has 1 heterocycles. The van der Waals surface area contributed by atoms with Crippen molar-refractivity contribution in [3.63, 3.8) is 0 Å². The number of carbonyl (C=O) groups is 1. The first-order chi connectivity index (χ1) is 8.36. The summed E-state index contributed by atoms with van der Waals surface area (Å²) in [6, 6.07) is -0.330. The molecule has 0 aromatic carbocycles. The molecule has 1 amide bonds. The summed E-state index contributed by atoms with van der Waals surface area (Å²) in [5, 5.41) is 0.438. The van der Waals surface area contributed by atoms with Gasteiger partial charge in [0, 0.05) is 11.9 Å². The quantitative estimate of drug-likeness (QED) is 0.749. The van der Waals surface area contributed by atoms with Crippen molar-refractivity contribution in [3.8, 4) is 0 Å². The summed E-state index contributed by atoms with van der Waals surface area (Å²) in [6.45, 7) is 4.10. The monoisotopic (exact) mass is 344 g/mol. The van der Waals surface area contributed by atoms with Crippen molar-refractivity contribution in [2.75, 3.05) is 25.1 Å². The Hall–Kier alpha value is -0.380. The molecule has 0 spiro atoms. The molecule has 1 unspecified atom stereocenters. The Balaban J connectivity index is 2.69. The van der Waals surface area contributed by atoms with E-state index in [9.17, 15) is 13.2 Å². The lowest BCUT2D eigenvalue weighted by Gasteiger charge is -2.33. The Kier molecular flexibility index (Phi) is 5.83. The summed E-state index contributed by atoms with van der Waals surface area (Å²) in [5.41, 5.74) is 0. The average molecular weight is 345 g/mol. The average Bonchev–Trinajstić information content (AvgIpc) is 2.27. The lowest BCUT2D eigenvalue weighted by atomic mass is 10.3. The minimum Gasteiger partial charge on any atom is -0.446 e. The predicted molar refractivity (Wildman–Crippen MR) is 68.8 cm³/mol. The van der Waals surface area contributed by atoms with Gasteiger partial charge in [0.15, 0.2) is 0 Å². The van der Waals surface area contributed by atoms with Crippen molar-refractivity contribution in [2.24, 2.45) is 0 Å². The topological polar surface area (TPSA) is 84.9 Å². The Morgan fingerprint density at radius 1 is 1.61 bits per heavy atom. The molecule has 0 aromatic heterocycles. The second kappa shape index (κ2) is 6.69. The first kappa shape index (κ1) is 15.7. The molecule has 0 bridgehead atoms. The maximum Gasteiger partial charge on any atom is 0.422 e. The van der Waals surface area contributed by atoms with Crippen LogP contribution in [-0.2, 0) is 19.7 Å². The van der Waals surface area contributed by atoms with Gasteiger partial charge in [0.1, 0.15) is 0 Å². The van der Waals surface area contributed by atoms with Gasteiger partial charge in [0.2, 0.25) is 0 Å². The molecule has 106 valence electrons. The van der Waals surface area contributed by atoms with Crippen LogP contribution in [-0.4, -0.2) is 56.1 Å². The molecule has 0 aliphatic carbocycles. The number of ether oxygens (including phenoxy) is 2. The largest absolute Gasteiger partial charge is 0.446 e. The van der Waals surface area contributed by atoms with E-state index in [0.717, 1.165) is 0 Å². The molecule has 1 N–H and O–H groups in total. The molecule has 0 saturated carbocycles. The Labute approximate surface area is 115 Å². The maximum atomic E-state index is 12.0. The fraction of sp³-hybridized carbons (Fsp3) is 0.889. The summed E-state index contributed by atoms with van der Waals surface area (Å²) in [5.74, 6) is 0. The van der Waals surface area contributed by atoms with Gasteiger partial charge in [-0.2, -0.15) is 12.7 Å². The Morgan fingerprint density at radius 2 is 2.28 bits per heavy atom. The summed E-state index contributed by atoms with van der Waals surface area (Å²) in [7, 11) is -3.89. The molecule has 9 heteroatoms. The van der Waals surface area contributed by atoms with Crippen LogP contribution in [0.2, 0.25) is 0 Å². The number of nitrogens with one attached hydrogen (secondary N) is 1. The number of morpholine rings is 1. The molecular formula is C9H17BrN2O5S. The fourth-order valence-electron chi connectivity index (χ4n) is 1.48. The molecule has 1 saturated heterocycles. The molecule has 1 atom stereocenters. The number of carbonyl (C=O) groups excluding carboxylic acids is 1. The Bertz CT molecular complexity index is 386. The molecule has 1 rings (SSSR count). The van der Waals surface area contributed by atoms with E-state index in [2.05, 4.69) is 15.9 Å². The fourth-order valence-corrected chi connectivity index (χ4v) is 3.43. The molecule has 18 heavy (non-hydrogen) atoms. The van der Waals surface area contributed by atoms with Crippen LogP contribution >= 0.6 is 15.9 Å². The van der Waals surface area contributed by atoms with E-state index in [1.807, 2.05) is 4.72 Å². The third-order valence-corrected chi connectivity index (χ3v) is 4.49. The number of hydrogen-bond donors (Lipinski definition) is 1. The van der Waals surface area contributed by atoms with E-state index in [1.54, 1.807) is 13.8 Å². The van der Waals surface area contributed by atoms with Gasteiger partial charge in [-0.3, -0.25) is 0 Å². The van der Waals surface area contributed by atoms with E-state index in [4.69, 9.17) is 9.47 Å². The predicted octanol–water partition coefficient (Wildman–Crippen LogP) is 0.462. The van der Waals surface area contributed by atoms with Crippen LogP contribution in [0.25, 0.3) is 0 Å². The second-order valence-electron chi connectivity index (χ2n) is 4.05. The van der Waals surface area contributed by atoms with Crippen molar-refractivity contribution in [1.29, 1.82) is 0 Å². The highest BCUT2D eigenvalue weighted by Gasteiger charge is 2.33. The lowest BCUT2D eigenvalue weighted by molar-refractivity contribution is 0.0404. The van der Waals surface area contributed by atoms with E-state index >= 15 is 0 Å². The highest BCUT2D eigenvalue weighted by atomic mass is 79.9. The minimum atomic E-state index is -3.89. The van der Waals surface area contributed by atoms with Crippen molar-refractivity contribution >= 4 is 32.2 Å². The molecule has 1 aliphatic heterocycles. The molecular weight excluding hydrogens is 328 g/mol. The molecule has 1 fully saturated rings. The molecule has 1 aliphatic rings. The minimum absolute atomic E-state index is 0.209. The van der Waals surface area contributed by atoms with E-state index in [1.165, 1.54) is 4.31 Å². The lowest BCUT2D eigenvalue weighted by Crippen LogP contribution is -2.54. The third-order valence-electron chi connectivity index (χ3n) is 2.22. The normalized spacial score (nSPS) is 21.9. The smallest absolute Gasteiger partial charge is 0.422 e. The van der Waals surface area contributed by atoms with Crippen LogP contribution < -0.4 is 4.72 Å². The van der Waals surface area contributed by atoms with Crippen molar-refractivity contribution < 1.29 is 22.7 Å². The van der Waals surface area contributed by atoms with Crippen LogP contribution in [0.5, 0.6) is 0 Å². The highest BCUT2D eigenvalue weighted by molar-refractivity contribution is 9.09. The van der Waals surface area contributed by atoms with Gasteiger partial charge in [-0.25, -0.2) is 9.52 Å². The molecule has 7 nitrogen and oxygen atoms in total. The van der Waals surface area contributed by atoms with Crippen LogP contribution in [0.4, 0.5) is 4.79 Å². The van der Waals surface area contributed by atoms with Gasteiger partial charge < -0.3 is 9.47 Å². The van der Waals surface area contributed by atoms with Gasteiger partial charge >= 0.3 is 16.3 Å². The second-order valence-corrected chi connectivity index (χ2v) is 6.33. The maximum absolute atomic E-state index is 12.0. The number of halogens is 1. The molecule has 0 radical (unpaired) electrons. The zero-order chi connectivity index (χ0) is 13.8. The van der Waals surface area contributed by atoms with Gasteiger partial charge in [-0.05, 0) is 13.8 Å². The standard InChI is InChI=1S/C9H17BrN2O5S/c1-7(2)17-9(13)11-18(14,15)12-3-4-16-6-8(12)5-10/h7-8H,3-6H2,1-2H3,(H,11,13). The van der Waals surface area contributed by atoms with Crippen molar-refractivity contribution in [3.05, 3.63) is 0 Å². The van der Waals surface area contributed by atoms with Crippen molar-refractivity contribution in [1.82, 2.24) is 9.03 Å². The zero-order valence-electron chi connectivity index (χ0n) is 10.3. The summed E-state index contributed by atoms with van der Waals surface area (Å²) >= 11 is 3.22. The van der Waals surface area contributed by atoms with Gasteiger partial charge in [-0.1, -0.05) is 15.9 Å².